The molecule has 1 atom stereocenters. The highest BCUT2D eigenvalue weighted by Gasteiger charge is 2.29. The number of carbonyl (C=O) groups excluding carboxylic acids is 1. The summed E-state index contributed by atoms with van der Waals surface area (Å²) in [7, 11) is 0. The molecule has 0 spiro atoms. The molecule has 1 amide bonds. The molecule has 0 radical (unpaired) electrons. The molecule has 0 aromatic heterocycles. The zero-order valence-electron chi connectivity index (χ0n) is 13.5. The molecule has 1 aromatic carbocycles. The Balaban J connectivity index is 0.00000484. The van der Waals surface area contributed by atoms with Crippen LogP contribution in [0.1, 0.15) is 26.3 Å². The smallest absolute Gasteiger partial charge is 0.422 e. The van der Waals surface area contributed by atoms with Gasteiger partial charge in [-0.25, -0.2) is 0 Å². The number of ether oxygens (including phenoxy) is 1. The van der Waals surface area contributed by atoms with E-state index in [0.717, 1.165) is 0 Å². The third-order valence-corrected chi connectivity index (χ3v) is 3.05. The van der Waals surface area contributed by atoms with Gasteiger partial charge in [-0.15, -0.1) is 12.4 Å². The molecule has 3 N–H and O–H groups in total. The molecule has 0 saturated carbocycles. The number of nitrogens with two attached hydrogens (primary N) is 1. The van der Waals surface area contributed by atoms with Crippen molar-refractivity contribution in [1.82, 2.24) is 0 Å². The molecule has 0 bridgehead atoms. The van der Waals surface area contributed by atoms with E-state index in [1.807, 2.05) is 20.8 Å². The third kappa shape index (κ3) is 7.09. The van der Waals surface area contributed by atoms with Crippen LogP contribution in [0, 0.1) is 12.3 Å². The third-order valence-electron chi connectivity index (χ3n) is 3.05. The Kier molecular flexibility index (Phi) is 7.37. The number of hydrogen-bond acceptors (Lipinski definition) is 3. The van der Waals surface area contributed by atoms with Gasteiger partial charge in [0.1, 0.15) is 5.75 Å². The van der Waals surface area contributed by atoms with Gasteiger partial charge in [-0.1, -0.05) is 20.8 Å². The molecule has 0 unspecified atom stereocenters. The fourth-order valence-corrected chi connectivity index (χ4v) is 1.66. The highest BCUT2D eigenvalue weighted by molar-refractivity contribution is 5.95. The molecular formula is C15H22ClF3N2O2. The quantitative estimate of drug-likeness (QED) is 0.867. The first-order valence-corrected chi connectivity index (χ1v) is 6.77. The van der Waals surface area contributed by atoms with Crippen molar-refractivity contribution in [3.8, 4) is 5.75 Å². The van der Waals surface area contributed by atoms with Gasteiger partial charge in [0, 0.05) is 5.69 Å². The molecule has 132 valence electrons. The van der Waals surface area contributed by atoms with Crippen molar-refractivity contribution < 1.29 is 22.7 Å². The van der Waals surface area contributed by atoms with Crippen molar-refractivity contribution in [3.63, 3.8) is 0 Å². The van der Waals surface area contributed by atoms with Crippen LogP contribution in [0.2, 0.25) is 0 Å². The average Bonchev–Trinajstić information content (AvgIpc) is 2.34. The molecule has 8 heteroatoms. The number of benzene rings is 1. The Hall–Kier alpha value is -1.47. The second kappa shape index (κ2) is 7.88. The second-order valence-electron chi connectivity index (χ2n) is 6.22. The second-order valence-corrected chi connectivity index (χ2v) is 6.22. The molecule has 0 aliphatic rings. The standard InChI is InChI=1S/C15H21F3N2O2.ClH/c1-9-7-10(20-13(21)12(19)14(2,3)4)5-6-11(9)22-8-15(16,17)18;/h5-7,12H,8,19H2,1-4H3,(H,20,21);1H/t12-;/m1./s1. The summed E-state index contributed by atoms with van der Waals surface area (Å²) in [5, 5.41) is 2.65. The minimum atomic E-state index is -4.39. The summed E-state index contributed by atoms with van der Waals surface area (Å²) < 4.78 is 41.1. The molecule has 0 aliphatic carbocycles. The molecule has 23 heavy (non-hydrogen) atoms. The van der Waals surface area contributed by atoms with Crippen molar-refractivity contribution in [2.24, 2.45) is 11.1 Å². The van der Waals surface area contributed by atoms with Crippen LogP contribution >= 0.6 is 12.4 Å². The van der Waals surface area contributed by atoms with Crippen LogP contribution in [0.5, 0.6) is 5.75 Å². The summed E-state index contributed by atoms with van der Waals surface area (Å²) in [6, 6.07) is 3.71. The molecule has 1 rings (SSSR count). The van der Waals surface area contributed by atoms with Gasteiger partial charge >= 0.3 is 6.18 Å². The first-order valence-electron chi connectivity index (χ1n) is 6.77. The van der Waals surface area contributed by atoms with Crippen LogP contribution in [0.4, 0.5) is 18.9 Å². The van der Waals surface area contributed by atoms with Crippen LogP contribution < -0.4 is 15.8 Å². The molecule has 0 heterocycles. The van der Waals surface area contributed by atoms with Crippen LogP contribution in [-0.4, -0.2) is 24.7 Å². The van der Waals surface area contributed by atoms with E-state index in [1.54, 1.807) is 13.0 Å². The van der Waals surface area contributed by atoms with E-state index in [2.05, 4.69) is 5.32 Å². The average molecular weight is 355 g/mol. The number of halogens is 4. The van der Waals surface area contributed by atoms with Gasteiger partial charge in [0.15, 0.2) is 6.61 Å². The van der Waals surface area contributed by atoms with Gasteiger partial charge in [0.05, 0.1) is 6.04 Å². The number of aryl methyl sites for hydroxylation is 1. The maximum absolute atomic E-state index is 12.1. The maximum Gasteiger partial charge on any atom is 0.422 e. The Morgan fingerprint density at radius 1 is 1.30 bits per heavy atom. The van der Waals surface area contributed by atoms with Crippen molar-refractivity contribution in [1.29, 1.82) is 0 Å². The first-order chi connectivity index (χ1) is 9.90. The first kappa shape index (κ1) is 21.5. The predicted octanol–water partition coefficient (Wildman–Crippen LogP) is 3.67. The monoisotopic (exact) mass is 354 g/mol. The van der Waals surface area contributed by atoms with Crippen LogP contribution in [0.3, 0.4) is 0 Å². The van der Waals surface area contributed by atoms with Gasteiger partial charge in [-0.05, 0) is 36.1 Å². The molecule has 0 fully saturated rings. The Labute approximate surface area is 140 Å². The Morgan fingerprint density at radius 3 is 2.30 bits per heavy atom. The lowest BCUT2D eigenvalue weighted by Gasteiger charge is -2.25. The van der Waals surface area contributed by atoms with Crippen LogP contribution in [0.15, 0.2) is 18.2 Å². The van der Waals surface area contributed by atoms with Crippen molar-refractivity contribution in [3.05, 3.63) is 23.8 Å². The lowest BCUT2D eigenvalue weighted by Crippen LogP contribution is -2.45. The largest absolute Gasteiger partial charge is 0.484 e. The SMILES string of the molecule is Cc1cc(NC(=O)[C@@H](N)C(C)(C)C)ccc1OCC(F)(F)F.Cl. The topological polar surface area (TPSA) is 64.4 Å². The van der Waals surface area contributed by atoms with Gasteiger partial charge in [-0.2, -0.15) is 13.2 Å². The highest BCUT2D eigenvalue weighted by atomic mass is 35.5. The molecule has 4 nitrogen and oxygen atoms in total. The van der Waals surface area contributed by atoms with Crippen LogP contribution in [-0.2, 0) is 4.79 Å². The summed E-state index contributed by atoms with van der Waals surface area (Å²) >= 11 is 0. The van der Waals surface area contributed by atoms with Gasteiger partial charge in [0.2, 0.25) is 5.91 Å². The minimum absolute atomic E-state index is 0. The van der Waals surface area contributed by atoms with Gasteiger partial charge in [-0.3, -0.25) is 4.79 Å². The number of carbonyl (C=O) groups is 1. The lowest BCUT2D eigenvalue weighted by atomic mass is 9.87. The number of nitrogens with one attached hydrogen (secondary N) is 1. The molecule has 0 aliphatic heterocycles. The minimum Gasteiger partial charge on any atom is -0.484 e. The Morgan fingerprint density at radius 2 is 1.87 bits per heavy atom. The van der Waals surface area contributed by atoms with E-state index < -0.39 is 24.2 Å². The zero-order valence-corrected chi connectivity index (χ0v) is 14.3. The van der Waals surface area contributed by atoms with E-state index in [-0.39, 0.29) is 24.1 Å². The number of alkyl halides is 3. The van der Waals surface area contributed by atoms with E-state index in [4.69, 9.17) is 10.5 Å². The summed E-state index contributed by atoms with van der Waals surface area (Å²) in [6.45, 7) is 5.78. The normalized spacial score (nSPS) is 13.0. The molecule has 1 aromatic rings. The van der Waals surface area contributed by atoms with Crippen molar-refractivity contribution in [2.75, 3.05) is 11.9 Å². The van der Waals surface area contributed by atoms with E-state index in [0.29, 0.717) is 11.3 Å². The van der Waals surface area contributed by atoms with Gasteiger partial charge in [0.25, 0.3) is 0 Å². The summed E-state index contributed by atoms with van der Waals surface area (Å²) in [5.41, 5.74) is 6.40. The van der Waals surface area contributed by atoms with Crippen molar-refractivity contribution >= 4 is 24.0 Å². The highest BCUT2D eigenvalue weighted by Crippen LogP contribution is 2.25. The fourth-order valence-electron chi connectivity index (χ4n) is 1.66. The fraction of sp³-hybridized carbons (Fsp3) is 0.533. The molecule has 0 saturated heterocycles. The lowest BCUT2D eigenvalue weighted by molar-refractivity contribution is -0.153. The maximum atomic E-state index is 12.1. The summed E-state index contributed by atoms with van der Waals surface area (Å²) in [4.78, 5) is 12.0. The zero-order chi connectivity index (χ0) is 17.1. The van der Waals surface area contributed by atoms with E-state index in [9.17, 15) is 18.0 Å². The number of rotatable bonds is 4. The number of hydrogen-bond donors (Lipinski definition) is 2. The summed E-state index contributed by atoms with van der Waals surface area (Å²) in [5.74, 6) is -0.230. The number of anilines is 1. The van der Waals surface area contributed by atoms with Gasteiger partial charge < -0.3 is 15.8 Å². The number of amides is 1. The van der Waals surface area contributed by atoms with Crippen LogP contribution in [0.25, 0.3) is 0 Å². The summed E-state index contributed by atoms with van der Waals surface area (Å²) in [6.07, 6.45) is -4.39. The Bertz CT molecular complexity index is 543. The molecular weight excluding hydrogens is 333 g/mol. The predicted molar refractivity (Wildman–Crippen MR) is 86.0 cm³/mol. The van der Waals surface area contributed by atoms with E-state index in [1.165, 1.54) is 12.1 Å². The van der Waals surface area contributed by atoms with Crippen molar-refractivity contribution in [2.45, 2.75) is 39.9 Å². The van der Waals surface area contributed by atoms with E-state index >= 15 is 0 Å².